The Morgan fingerprint density at radius 2 is 1.97 bits per heavy atom. The predicted octanol–water partition coefficient (Wildman–Crippen LogP) is 4.05. The number of benzene rings is 2. The van der Waals surface area contributed by atoms with Crippen LogP contribution in [0.15, 0.2) is 46.8 Å². The molecule has 2 unspecified atom stereocenters. The van der Waals surface area contributed by atoms with Crippen LogP contribution in [-0.4, -0.2) is 59.9 Å². The summed E-state index contributed by atoms with van der Waals surface area (Å²) in [6.45, 7) is 3.38. The highest BCUT2D eigenvalue weighted by Gasteiger charge is 2.40. The molecule has 0 spiro atoms. The molecular weight excluding hydrogens is 505 g/mol. The summed E-state index contributed by atoms with van der Waals surface area (Å²) in [5.74, 6) is -0.708. The smallest absolute Gasteiger partial charge is 0.246 e. The van der Waals surface area contributed by atoms with Crippen molar-refractivity contribution in [3.05, 3.63) is 52.6 Å². The molecule has 1 aromatic heterocycles. The van der Waals surface area contributed by atoms with Crippen LogP contribution < -0.4 is 11.1 Å². The Morgan fingerprint density at radius 3 is 2.74 bits per heavy atom. The average Bonchev–Trinajstić information content (AvgIpc) is 3.62. The minimum Gasteiger partial charge on any atom is -0.390 e. The summed E-state index contributed by atoms with van der Waals surface area (Å²) in [4.78, 5) is 37.6. The third-order valence-electron chi connectivity index (χ3n) is 7.48. The second-order valence-electron chi connectivity index (χ2n) is 9.81. The number of nitrogens with two attached hydrogens (primary N) is 1. The van der Waals surface area contributed by atoms with Gasteiger partial charge in [-0.2, -0.15) is 0 Å². The molecule has 0 radical (unpaired) electrons. The van der Waals surface area contributed by atoms with E-state index in [1.807, 2.05) is 28.5 Å². The Morgan fingerprint density at radius 1 is 1.21 bits per heavy atom. The van der Waals surface area contributed by atoms with E-state index in [9.17, 15) is 14.0 Å². The number of hydrogen-bond donors (Lipinski definition) is 2. The van der Waals surface area contributed by atoms with E-state index in [-0.39, 0.29) is 29.6 Å². The van der Waals surface area contributed by atoms with Gasteiger partial charge in [-0.05, 0) is 56.0 Å². The van der Waals surface area contributed by atoms with Crippen LogP contribution >= 0.6 is 11.3 Å². The van der Waals surface area contributed by atoms with Crippen LogP contribution in [0.2, 0.25) is 0 Å². The van der Waals surface area contributed by atoms with Crippen LogP contribution in [0.1, 0.15) is 43.7 Å². The lowest BCUT2D eigenvalue weighted by atomic mass is 9.90. The van der Waals surface area contributed by atoms with Crippen molar-refractivity contribution in [3.8, 4) is 11.3 Å². The van der Waals surface area contributed by atoms with Gasteiger partial charge in [0.2, 0.25) is 11.8 Å². The van der Waals surface area contributed by atoms with Gasteiger partial charge in [-0.1, -0.05) is 24.3 Å². The molecule has 2 saturated heterocycles. The first-order valence-electron chi connectivity index (χ1n) is 13.0. The fourth-order valence-corrected chi connectivity index (χ4v) is 6.38. The van der Waals surface area contributed by atoms with Crippen molar-refractivity contribution >= 4 is 40.3 Å². The zero-order valence-corrected chi connectivity index (χ0v) is 22.1. The molecule has 3 heterocycles. The molecule has 2 aliphatic rings. The van der Waals surface area contributed by atoms with Crippen molar-refractivity contribution in [2.75, 3.05) is 19.8 Å². The summed E-state index contributed by atoms with van der Waals surface area (Å²) < 4.78 is 19.9. The third-order valence-corrected chi connectivity index (χ3v) is 8.43. The molecule has 5 rings (SSSR count). The van der Waals surface area contributed by atoms with Gasteiger partial charge in [0.1, 0.15) is 22.9 Å². The van der Waals surface area contributed by atoms with E-state index < -0.39 is 12.1 Å². The fraction of sp³-hybridized carbons (Fsp3) is 0.429. The molecule has 3 N–H and O–H groups in total. The molecule has 0 aliphatic carbocycles. The predicted molar refractivity (Wildman–Crippen MR) is 146 cm³/mol. The van der Waals surface area contributed by atoms with Crippen molar-refractivity contribution in [1.82, 2.24) is 15.2 Å². The van der Waals surface area contributed by atoms with Crippen LogP contribution in [0.4, 0.5) is 4.39 Å². The molecule has 38 heavy (non-hydrogen) atoms. The number of aromatic nitrogens is 1. The molecular formula is C28H32FN5O3S. The topological polar surface area (TPSA) is 110 Å². The van der Waals surface area contributed by atoms with E-state index in [0.717, 1.165) is 40.8 Å². The maximum Gasteiger partial charge on any atom is 0.246 e. The number of halogens is 1. The third kappa shape index (κ3) is 5.28. The first-order chi connectivity index (χ1) is 18.5. The molecule has 2 aromatic carbocycles. The highest BCUT2D eigenvalue weighted by atomic mass is 32.1. The van der Waals surface area contributed by atoms with E-state index in [1.165, 1.54) is 17.4 Å². The largest absolute Gasteiger partial charge is 0.390 e. The van der Waals surface area contributed by atoms with E-state index >= 15 is 0 Å². The second-order valence-corrected chi connectivity index (χ2v) is 10.7. The van der Waals surface area contributed by atoms with Gasteiger partial charge < -0.3 is 20.7 Å². The lowest BCUT2D eigenvalue weighted by Crippen LogP contribution is -2.54. The Labute approximate surface area is 225 Å². The number of fused-ring (bicyclic) bond motifs is 1. The molecule has 3 aromatic rings. The van der Waals surface area contributed by atoms with E-state index in [4.69, 9.17) is 15.5 Å². The number of amides is 2. The number of hydrogen-bond acceptors (Lipinski definition) is 6. The van der Waals surface area contributed by atoms with Crippen LogP contribution in [0.3, 0.4) is 0 Å². The van der Waals surface area contributed by atoms with E-state index in [0.29, 0.717) is 38.0 Å². The van der Waals surface area contributed by atoms with Crippen LogP contribution in [-0.2, 0) is 14.3 Å². The quantitative estimate of drug-likeness (QED) is 0.349. The van der Waals surface area contributed by atoms with Gasteiger partial charge in [0, 0.05) is 36.1 Å². The van der Waals surface area contributed by atoms with Gasteiger partial charge in [0.15, 0.2) is 0 Å². The summed E-state index contributed by atoms with van der Waals surface area (Å²) >= 11 is 1.51. The average molecular weight is 538 g/mol. The zero-order chi connectivity index (χ0) is 26.6. The molecule has 2 fully saturated rings. The summed E-state index contributed by atoms with van der Waals surface area (Å²) in [5, 5.41) is 7.15. The Hall–Kier alpha value is -3.37. The first kappa shape index (κ1) is 26.2. The molecule has 0 bridgehead atoms. The maximum atomic E-state index is 14.4. The van der Waals surface area contributed by atoms with Gasteiger partial charge in [-0.25, -0.2) is 9.37 Å². The molecule has 2 amide bonds. The second kappa shape index (κ2) is 11.6. The molecule has 3 atom stereocenters. The molecule has 200 valence electrons. The van der Waals surface area contributed by atoms with Gasteiger partial charge in [0.25, 0.3) is 0 Å². The molecule has 2 aliphatic heterocycles. The minimum atomic E-state index is -0.684. The van der Waals surface area contributed by atoms with Crippen LogP contribution in [0, 0.1) is 11.7 Å². The number of carbonyl (C=O) groups excluding carboxylic acids is 2. The van der Waals surface area contributed by atoms with Gasteiger partial charge in [-0.3, -0.25) is 14.6 Å². The first-order valence-corrected chi connectivity index (χ1v) is 13.9. The summed E-state index contributed by atoms with van der Waals surface area (Å²) in [6, 6.07) is 9.08. The number of aliphatic imine (C=N–C) groups is 1. The summed E-state index contributed by atoms with van der Waals surface area (Å²) in [7, 11) is 0. The van der Waals surface area contributed by atoms with Crippen LogP contribution in [0.25, 0.3) is 22.0 Å². The lowest BCUT2D eigenvalue weighted by molar-refractivity contribution is -0.140. The lowest BCUT2D eigenvalue weighted by Gasteiger charge is -2.34. The van der Waals surface area contributed by atoms with E-state index in [1.54, 1.807) is 19.1 Å². The molecule has 8 nitrogen and oxygen atoms in total. The molecule has 0 saturated carbocycles. The monoisotopic (exact) mass is 537 g/mol. The van der Waals surface area contributed by atoms with Gasteiger partial charge in [0.05, 0.1) is 18.1 Å². The van der Waals surface area contributed by atoms with Crippen molar-refractivity contribution in [1.29, 1.82) is 0 Å². The van der Waals surface area contributed by atoms with Gasteiger partial charge in [-0.15, -0.1) is 11.3 Å². The summed E-state index contributed by atoms with van der Waals surface area (Å²) in [6.07, 6.45) is 4.15. The normalized spacial score (nSPS) is 20.2. The highest BCUT2D eigenvalue weighted by molar-refractivity contribution is 7.10. The highest BCUT2D eigenvalue weighted by Crippen LogP contribution is 2.38. The Kier molecular flexibility index (Phi) is 7.99. The standard InChI is InChI=1S/C28H32FN5O3S/c1-17(31-16-30)26(35)33-25(18-10-13-37-14-11-18)28(36)34-12-4-7-24(34)27-32-23(15-38-27)21-8-9-22(29)20-6-3-2-5-19(20)21/h2-3,5-6,8-9,15-18,24-25H,4,7,10-14H2,1H3,(H2,30,31)(H,33,35)/t17-,24?,25?/m0/s1. The molecule has 10 heteroatoms. The van der Waals surface area contributed by atoms with Crippen molar-refractivity contribution < 1.29 is 18.7 Å². The number of nitrogens with zero attached hydrogens (tertiary/aromatic N) is 3. The van der Waals surface area contributed by atoms with Crippen molar-refractivity contribution in [2.24, 2.45) is 16.6 Å². The Balaban J connectivity index is 1.40. The van der Waals surface area contributed by atoms with Crippen molar-refractivity contribution in [2.45, 2.75) is 50.7 Å². The fourth-order valence-electron chi connectivity index (χ4n) is 5.42. The zero-order valence-electron chi connectivity index (χ0n) is 21.3. The number of carbonyl (C=O) groups is 2. The number of nitrogens with one attached hydrogen (secondary N) is 1. The summed E-state index contributed by atoms with van der Waals surface area (Å²) in [5.41, 5.74) is 7.01. The van der Waals surface area contributed by atoms with E-state index in [2.05, 4.69) is 10.3 Å². The van der Waals surface area contributed by atoms with Gasteiger partial charge >= 0.3 is 0 Å². The number of likely N-dealkylation sites (tertiary alicyclic amines) is 1. The maximum absolute atomic E-state index is 14.4. The number of thiazole rings is 1. The minimum absolute atomic E-state index is 0.0204. The SMILES string of the molecule is C[C@H](N=CN)C(=O)NC(C(=O)N1CCCC1c1nc(-c2ccc(F)c3ccccc23)cs1)C1CCOCC1. The Bertz CT molecular complexity index is 1340. The number of ether oxygens (including phenoxy) is 1. The number of rotatable bonds is 7. The van der Waals surface area contributed by atoms with Crippen LogP contribution in [0.5, 0.6) is 0 Å². The van der Waals surface area contributed by atoms with Crippen molar-refractivity contribution in [3.63, 3.8) is 0 Å².